The first-order chi connectivity index (χ1) is 37.6. The molecule has 1 spiro atoms. The zero-order chi connectivity index (χ0) is 57.1. The van der Waals surface area contributed by atoms with Gasteiger partial charge < -0.3 is 54.7 Å². The molecule has 24 heteroatoms. The molecule has 3 saturated heterocycles. The molecule has 3 fully saturated rings. The summed E-state index contributed by atoms with van der Waals surface area (Å²) in [6.07, 6.45) is 12.3. The summed E-state index contributed by atoms with van der Waals surface area (Å²) < 4.78 is 18.3. The summed E-state index contributed by atoms with van der Waals surface area (Å²) >= 11 is 1.64. The number of likely N-dealkylation sites (tertiary alicyclic amines) is 2. The number of carbonyl (C=O) groups excluding carboxylic acids is 5. The molecule has 4 aliphatic heterocycles. The van der Waals surface area contributed by atoms with Crippen LogP contribution in [-0.4, -0.2) is 164 Å². The standard InChI is InChI=1S/C18H20N6O3.C15H21N5O3.C12H12N2OS.C10H19NO2/c1-11(2)27-18(25)24-4-5-26-17-14(24)6-12(7-21-17)13-9-23-10-15(19-3)22-16(23)8-20-13;1-14(2,12(16)22)23-11-5-17-13(18-6-11)20-9-15(10-20)7-19(8-15)3-4-21;1-9-12(16-8-14-9)11-4-2-10(3-5-11)6-13-7-15;1-10(2,3)6-9(13)11-5-4-8(12)7-11/h6-11,19H,4-5H2,1-3H3;4-6H,3,7-10H2,1-2H3,(H2,16,22);2-5,7-8H,6H2,1H3,(H,13,15);8,12H,4-7H2,1-3H3. The number of amides is 4. The fourth-order valence-corrected chi connectivity index (χ4v) is 9.83. The van der Waals surface area contributed by atoms with Crippen LogP contribution in [0.3, 0.4) is 0 Å². The lowest BCUT2D eigenvalue weighted by molar-refractivity contribution is -0.132. The topological polar surface area (TPSA) is 278 Å². The number of β-amino-alcohol motifs (C(OH)–C–C–N with tert-alkyl or cyclic N) is 1. The van der Waals surface area contributed by atoms with Crippen LogP contribution < -0.4 is 35.6 Å². The average Bonchev–Trinajstić information content (AvgIpc) is 4.21. The Kier molecular flexibility index (Phi) is 19.2. The molecular weight excluding hydrogens is 1030 g/mol. The number of fused-ring (bicyclic) bond motifs is 2. The number of aryl methyl sites for hydroxylation is 1. The van der Waals surface area contributed by atoms with E-state index in [0.717, 1.165) is 73.7 Å². The summed E-state index contributed by atoms with van der Waals surface area (Å²) in [7, 11) is 1.81. The van der Waals surface area contributed by atoms with Crippen LogP contribution in [0.5, 0.6) is 11.6 Å². The summed E-state index contributed by atoms with van der Waals surface area (Å²) in [5, 5.41) is 14.9. The number of anilines is 3. The number of aliphatic hydroxyl groups is 1. The van der Waals surface area contributed by atoms with E-state index in [0.29, 0.717) is 74.6 Å². The second-order valence-corrected chi connectivity index (χ2v) is 22.6. The summed E-state index contributed by atoms with van der Waals surface area (Å²) in [5.74, 6) is 1.85. The molecule has 422 valence electrons. The van der Waals surface area contributed by atoms with Gasteiger partial charge in [0.2, 0.25) is 24.1 Å². The van der Waals surface area contributed by atoms with Crippen molar-refractivity contribution in [1.82, 2.24) is 49.4 Å². The van der Waals surface area contributed by atoms with Gasteiger partial charge in [-0.2, -0.15) is 0 Å². The van der Waals surface area contributed by atoms with Gasteiger partial charge in [0.1, 0.15) is 24.4 Å². The molecule has 5 aromatic heterocycles. The lowest BCUT2D eigenvalue weighted by Crippen LogP contribution is -2.72. The van der Waals surface area contributed by atoms with Crippen molar-refractivity contribution in [2.45, 2.75) is 92.6 Å². The van der Waals surface area contributed by atoms with E-state index >= 15 is 0 Å². The van der Waals surface area contributed by atoms with Crippen molar-refractivity contribution in [3.05, 3.63) is 84.3 Å². The van der Waals surface area contributed by atoms with Gasteiger partial charge in [-0.25, -0.2) is 29.7 Å². The zero-order valence-corrected chi connectivity index (χ0v) is 47.2. The third-order valence-electron chi connectivity index (χ3n) is 13.0. The first-order valence-corrected chi connectivity index (χ1v) is 26.9. The Morgan fingerprint density at radius 2 is 1.67 bits per heavy atom. The van der Waals surface area contributed by atoms with E-state index in [2.05, 4.69) is 83.2 Å². The molecule has 0 radical (unpaired) electrons. The van der Waals surface area contributed by atoms with Crippen LogP contribution in [0.25, 0.3) is 27.3 Å². The minimum absolute atomic E-state index is 0.0463. The van der Waals surface area contributed by atoms with Crippen molar-refractivity contribution in [3.8, 4) is 33.3 Å². The smallest absolute Gasteiger partial charge is 0.414 e. The zero-order valence-electron chi connectivity index (χ0n) is 46.3. The van der Waals surface area contributed by atoms with Gasteiger partial charge in [-0.3, -0.25) is 29.2 Å². The van der Waals surface area contributed by atoms with Crippen LogP contribution in [-0.2, 0) is 30.5 Å². The summed E-state index contributed by atoms with van der Waals surface area (Å²) in [6, 6.07) is 9.99. The maximum atomic E-state index is 12.4. The third kappa shape index (κ3) is 15.7. The molecule has 0 saturated carbocycles. The number of aromatic nitrogens is 7. The molecular formula is C55H72N14O9S. The number of thiazole rings is 1. The van der Waals surface area contributed by atoms with Crippen molar-refractivity contribution in [2.75, 3.05) is 81.1 Å². The summed E-state index contributed by atoms with van der Waals surface area (Å²) in [4.78, 5) is 90.7. The second kappa shape index (κ2) is 25.8. The highest BCUT2D eigenvalue weighted by Crippen LogP contribution is 2.41. The molecule has 0 aliphatic carbocycles. The van der Waals surface area contributed by atoms with Crippen LogP contribution in [0, 0.1) is 17.8 Å². The van der Waals surface area contributed by atoms with Crippen LogP contribution in [0.4, 0.5) is 22.2 Å². The fraction of sp³-hybridized carbons (Fsp3) is 0.473. The SMILES string of the molecule is CC(C)(C)CC(=O)N1CCC(O)C1.CC(C)(Oc1cnc(N2CC3(CN(CC=O)C3)C2)nc1)C(N)=O.CNc1cn2cc(-c3cnc4c(c3)N(C(=O)OC(C)C)CCO4)ncc2n1.Cc1ncsc1-c1ccc(CNC=O)cc1. The number of hydrogen-bond donors (Lipinski definition) is 4. The number of primary amides is 1. The third-order valence-corrected chi connectivity index (χ3v) is 14.0. The lowest BCUT2D eigenvalue weighted by atomic mass is 9.73. The quantitative estimate of drug-likeness (QED) is 0.0994. The first-order valence-electron chi connectivity index (χ1n) is 26.1. The van der Waals surface area contributed by atoms with Gasteiger partial charge in [0, 0.05) is 82.7 Å². The predicted molar refractivity (Wildman–Crippen MR) is 300 cm³/mol. The highest BCUT2D eigenvalue weighted by Gasteiger charge is 2.52. The number of aldehydes is 1. The molecule has 1 aromatic carbocycles. The van der Waals surface area contributed by atoms with Crippen molar-refractivity contribution >= 4 is 65.0 Å². The van der Waals surface area contributed by atoms with Crippen LogP contribution in [0.1, 0.15) is 72.6 Å². The number of nitrogens with two attached hydrogens (primary N) is 1. The number of rotatable bonds is 14. The lowest BCUT2D eigenvalue weighted by Gasteiger charge is -2.60. The number of carbonyl (C=O) groups is 5. The highest BCUT2D eigenvalue weighted by molar-refractivity contribution is 7.13. The molecule has 6 aromatic rings. The Morgan fingerprint density at radius 3 is 2.27 bits per heavy atom. The summed E-state index contributed by atoms with van der Waals surface area (Å²) in [6.45, 7) is 21.8. The van der Waals surface area contributed by atoms with E-state index in [1.54, 1.807) is 59.8 Å². The van der Waals surface area contributed by atoms with Gasteiger partial charge in [-0.15, -0.1) is 11.3 Å². The van der Waals surface area contributed by atoms with Crippen molar-refractivity contribution < 1.29 is 43.3 Å². The van der Waals surface area contributed by atoms with E-state index in [1.807, 2.05) is 68.3 Å². The second-order valence-electron chi connectivity index (χ2n) is 21.8. The van der Waals surface area contributed by atoms with E-state index in [9.17, 15) is 29.1 Å². The summed E-state index contributed by atoms with van der Waals surface area (Å²) in [5.41, 5.74) is 12.5. The Morgan fingerprint density at radius 1 is 0.949 bits per heavy atom. The minimum atomic E-state index is -1.10. The largest absolute Gasteiger partial charge is 0.475 e. The number of nitrogens with zero attached hydrogens (tertiary/aromatic N) is 11. The molecule has 23 nitrogen and oxygen atoms in total. The predicted octanol–water partition coefficient (Wildman–Crippen LogP) is 5.40. The Balaban J connectivity index is 0.000000158. The minimum Gasteiger partial charge on any atom is -0.475 e. The monoisotopic (exact) mass is 1100 g/mol. The normalized spacial score (nSPS) is 16.3. The van der Waals surface area contributed by atoms with Gasteiger partial charge >= 0.3 is 6.09 Å². The van der Waals surface area contributed by atoms with Crippen LogP contribution in [0.15, 0.2) is 73.0 Å². The molecule has 5 N–H and O–H groups in total. The van der Waals surface area contributed by atoms with Gasteiger partial charge in [-0.1, -0.05) is 45.0 Å². The Hall–Kier alpha value is -7.83. The number of pyridine rings is 1. The molecule has 10 rings (SSSR count). The number of nitrogens with one attached hydrogen (secondary N) is 2. The number of ether oxygens (including phenoxy) is 3. The molecule has 79 heavy (non-hydrogen) atoms. The first kappa shape index (κ1) is 58.8. The van der Waals surface area contributed by atoms with E-state index in [-0.39, 0.29) is 28.9 Å². The van der Waals surface area contributed by atoms with Crippen molar-refractivity contribution in [2.24, 2.45) is 16.6 Å². The Labute approximate surface area is 463 Å². The van der Waals surface area contributed by atoms with E-state index in [4.69, 9.17) is 19.9 Å². The maximum Gasteiger partial charge on any atom is 0.414 e. The highest BCUT2D eigenvalue weighted by atomic mass is 32.1. The maximum absolute atomic E-state index is 12.4. The molecule has 1 unspecified atom stereocenters. The van der Waals surface area contributed by atoms with Gasteiger partial charge in [0.15, 0.2) is 17.0 Å². The number of hydrogen-bond acceptors (Lipinski definition) is 19. The van der Waals surface area contributed by atoms with Gasteiger partial charge in [0.25, 0.3) is 5.91 Å². The van der Waals surface area contributed by atoms with E-state index in [1.165, 1.54) is 10.4 Å². The molecule has 4 aliphatic rings. The number of imidazole rings is 1. The van der Waals surface area contributed by atoms with Crippen LogP contribution >= 0.6 is 11.3 Å². The van der Waals surface area contributed by atoms with Crippen molar-refractivity contribution in [3.63, 3.8) is 0 Å². The van der Waals surface area contributed by atoms with E-state index < -0.39 is 17.6 Å². The van der Waals surface area contributed by atoms with Crippen LogP contribution in [0.2, 0.25) is 0 Å². The molecule has 9 heterocycles. The average molecular weight is 1110 g/mol. The fourth-order valence-electron chi connectivity index (χ4n) is 9.02. The molecule has 4 amide bonds. The van der Waals surface area contributed by atoms with Crippen molar-refractivity contribution in [1.29, 1.82) is 0 Å². The van der Waals surface area contributed by atoms with Gasteiger partial charge in [0.05, 0.1) is 71.9 Å². The van der Waals surface area contributed by atoms with Gasteiger partial charge in [-0.05, 0) is 63.6 Å². The number of benzene rings is 1. The number of aliphatic hydroxyl groups excluding tert-OH is 1. The Bertz CT molecular complexity index is 3040. The molecule has 1 atom stereocenters. The molecule has 0 bridgehead atoms.